The molecule has 1 aliphatic rings. The Hall–Kier alpha value is -1.03. The van der Waals surface area contributed by atoms with Crippen LogP contribution in [0.15, 0.2) is 36.7 Å². The normalized spacial score (nSPS) is 14.1. The smallest absolute Gasteiger partial charge is 0.137 e. The molecule has 16 heavy (non-hydrogen) atoms. The average molecular weight is 258 g/mol. The van der Waals surface area contributed by atoms with Crippen LogP contribution in [0.4, 0.5) is 0 Å². The van der Waals surface area contributed by atoms with Gasteiger partial charge in [-0.15, -0.1) is 24.8 Å². The first-order chi connectivity index (χ1) is 6.93. The van der Waals surface area contributed by atoms with E-state index in [1.165, 1.54) is 5.57 Å². The van der Waals surface area contributed by atoms with Gasteiger partial charge >= 0.3 is 0 Å². The van der Waals surface area contributed by atoms with Gasteiger partial charge in [0.15, 0.2) is 0 Å². The van der Waals surface area contributed by atoms with Crippen molar-refractivity contribution in [2.45, 2.75) is 0 Å². The van der Waals surface area contributed by atoms with Crippen LogP contribution in [-0.4, -0.2) is 22.5 Å². The van der Waals surface area contributed by atoms with Gasteiger partial charge in [0, 0.05) is 25.5 Å². The van der Waals surface area contributed by atoms with Crippen LogP contribution in [0, 0.1) is 0 Å². The molecule has 86 valence electrons. The summed E-state index contributed by atoms with van der Waals surface area (Å²) in [5, 5.41) is 3.27. The van der Waals surface area contributed by atoms with Crippen LogP contribution in [0.2, 0.25) is 0 Å². The summed E-state index contributed by atoms with van der Waals surface area (Å²) >= 11 is 0. The Kier molecular flexibility index (Phi) is 4.35. The quantitative estimate of drug-likeness (QED) is 0.849. The van der Waals surface area contributed by atoms with Crippen molar-refractivity contribution in [3.8, 4) is 0 Å². The molecule has 0 saturated carbocycles. The van der Waals surface area contributed by atoms with Gasteiger partial charge in [-0.05, 0) is 17.7 Å². The molecule has 2 aromatic heterocycles. The number of rotatable bonds is 1. The highest BCUT2D eigenvalue weighted by Crippen LogP contribution is 2.15. The molecule has 5 heteroatoms. The average Bonchev–Trinajstić information content (AvgIpc) is 2.86. The number of pyridine rings is 1. The third-order valence-corrected chi connectivity index (χ3v) is 2.50. The van der Waals surface area contributed by atoms with Gasteiger partial charge < -0.3 is 9.72 Å². The van der Waals surface area contributed by atoms with Crippen molar-refractivity contribution in [2.24, 2.45) is 0 Å². The van der Waals surface area contributed by atoms with Crippen molar-refractivity contribution in [3.05, 3.63) is 42.4 Å². The summed E-state index contributed by atoms with van der Waals surface area (Å²) in [5.74, 6) is 0. The second-order valence-corrected chi connectivity index (χ2v) is 3.45. The fourth-order valence-corrected chi connectivity index (χ4v) is 1.76. The van der Waals surface area contributed by atoms with E-state index < -0.39 is 0 Å². The van der Waals surface area contributed by atoms with Crippen LogP contribution in [0.3, 0.4) is 0 Å². The Labute approximate surface area is 106 Å². The maximum atomic E-state index is 4.55. The summed E-state index contributed by atoms with van der Waals surface area (Å²) < 4.78 is 2.05. The van der Waals surface area contributed by atoms with Crippen LogP contribution in [0.1, 0.15) is 5.69 Å². The lowest BCUT2D eigenvalue weighted by Gasteiger charge is -1.92. The van der Waals surface area contributed by atoms with Gasteiger partial charge in [-0.25, -0.2) is 4.98 Å². The van der Waals surface area contributed by atoms with E-state index in [-0.39, 0.29) is 24.8 Å². The highest BCUT2D eigenvalue weighted by molar-refractivity contribution is 5.85. The molecular weight excluding hydrogens is 245 g/mol. The molecule has 0 amide bonds. The van der Waals surface area contributed by atoms with Gasteiger partial charge in [0.2, 0.25) is 0 Å². The minimum absolute atomic E-state index is 0. The van der Waals surface area contributed by atoms with Crippen molar-refractivity contribution >= 4 is 36.0 Å². The number of hydrogen-bond donors (Lipinski definition) is 1. The van der Waals surface area contributed by atoms with Gasteiger partial charge in [-0.2, -0.15) is 0 Å². The molecule has 0 atom stereocenters. The van der Waals surface area contributed by atoms with E-state index in [4.69, 9.17) is 0 Å². The molecule has 0 spiro atoms. The maximum absolute atomic E-state index is 4.55. The Morgan fingerprint density at radius 1 is 1.25 bits per heavy atom. The first-order valence-electron chi connectivity index (χ1n) is 4.77. The first-order valence-corrected chi connectivity index (χ1v) is 4.77. The predicted molar refractivity (Wildman–Crippen MR) is 70.5 cm³/mol. The zero-order valence-electron chi connectivity index (χ0n) is 8.59. The lowest BCUT2D eigenvalue weighted by molar-refractivity contribution is 0.896. The SMILES string of the molecule is C1=C(c2cn3ccccc3n2)CNC1.Cl.Cl. The largest absolute Gasteiger partial charge is 0.309 e. The number of fused-ring (bicyclic) bond motifs is 1. The zero-order chi connectivity index (χ0) is 9.38. The number of imidazole rings is 1. The molecule has 1 aliphatic heterocycles. The molecule has 0 aliphatic carbocycles. The van der Waals surface area contributed by atoms with Crippen LogP contribution in [0.25, 0.3) is 11.2 Å². The molecule has 0 unspecified atom stereocenters. The van der Waals surface area contributed by atoms with Crippen LogP contribution in [0.5, 0.6) is 0 Å². The van der Waals surface area contributed by atoms with Crippen LogP contribution < -0.4 is 5.32 Å². The van der Waals surface area contributed by atoms with Crippen LogP contribution >= 0.6 is 24.8 Å². The Bertz CT molecular complexity index is 472. The fourth-order valence-electron chi connectivity index (χ4n) is 1.76. The maximum Gasteiger partial charge on any atom is 0.137 e. The zero-order valence-corrected chi connectivity index (χ0v) is 10.2. The van der Waals surface area contributed by atoms with Gasteiger partial charge in [0.05, 0.1) is 5.69 Å². The monoisotopic (exact) mass is 257 g/mol. The molecule has 3 nitrogen and oxygen atoms in total. The highest BCUT2D eigenvalue weighted by Gasteiger charge is 2.09. The third-order valence-electron chi connectivity index (χ3n) is 2.50. The van der Waals surface area contributed by atoms with Gasteiger partial charge in [-0.3, -0.25) is 0 Å². The van der Waals surface area contributed by atoms with E-state index in [0.29, 0.717) is 0 Å². The summed E-state index contributed by atoms with van der Waals surface area (Å²) in [6, 6.07) is 6.04. The number of nitrogens with zero attached hydrogens (tertiary/aromatic N) is 2. The molecule has 0 fully saturated rings. The van der Waals surface area contributed by atoms with Gasteiger partial charge in [-0.1, -0.05) is 12.1 Å². The molecule has 0 radical (unpaired) electrons. The molecule has 0 bridgehead atoms. The predicted octanol–water partition coefficient (Wildman–Crippen LogP) is 2.16. The molecule has 3 rings (SSSR count). The van der Waals surface area contributed by atoms with Crippen molar-refractivity contribution in [1.82, 2.24) is 14.7 Å². The van der Waals surface area contributed by atoms with E-state index in [2.05, 4.69) is 27.0 Å². The summed E-state index contributed by atoms with van der Waals surface area (Å²) in [6.45, 7) is 1.90. The molecule has 0 aromatic carbocycles. The lowest BCUT2D eigenvalue weighted by Crippen LogP contribution is -2.07. The van der Waals surface area contributed by atoms with E-state index in [1.807, 2.05) is 24.4 Å². The van der Waals surface area contributed by atoms with E-state index in [0.717, 1.165) is 24.4 Å². The van der Waals surface area contributed by atoms with Crippen molar-refractivity contribution in [1.29, 1.82) is 0 Å². The molecule has 2 aromatic rings. The third kappa shape index (κ3) is 2.21. The van der Waals surface area contributed by atoms with Crippen molar-refractivity contribution in [3.63, 3.8) is 0 Å². The van der Waals surface area contributed by atoms with Gasteiger partial charge in [0.25, 0.3) is 0 Å². The Morgan fingerprint density at radius 3 is 2.81 bits per heavy atom. The second kappa shape index (κ2) is 5.34. The highest BCUT2D eigenvalue weighted by atomic mass is 35.5. The topological polar surface area (TPSA) is 29.3 Å². The van der Waals surface area contributed by atoms with E-state index in [1.54, 1.807) is 0 Å². The standard InChI is InChI=1S/C11H11N3.2ClH/c1-2-6-14-8-10(13-11(14)3-1)9-4-5-12-7-9;;/h1-4,6,8,12H,5,7H2;2*1H. The molecule has 1 N–H and O–H groups in total. The van der Waals surface area contributed by atoms with Gasteiger partial charge in [0.1, 0.15) is 5.65 Å². The first kappa shape index (κ1) is 13.0. The summed E-state index contributed by atoms with van der Waals surface area (Å²) in [6.07, 6.45) is 6.30. The number of nitrogens with one attached hydrogen (secondary N) is 1. The lowest BCUT2D eigenvalue weighted by atomic mass is 10.2. The molecule has 3 heterocycles. The summed E-state index contributed by atoms with van der Waals surface area (Å²) in [7, 11) is 0. The van der Waals surface area contributed by atoms with E-state index in [9.17, 15) is 0 Å². The minimum atomic E-state index is 0. The molecule has 0 saturated heterocycles. The fraction of sp³-hybridized carbons (Fsp3) is 0.182. The van der Waals surface area contributed by atoms with Crippen LogP contribution in [-0.2, 0) is 0 Å². The number of halogens is 2. The number of aromatic nitrogens is 2. The van der Waals surface area contributed by atoms with E-state index >= 15 is 0 Å². The second-order valence-electron chi connectivity index (χ2n) is 3.45. The number of hydrogen-bond acceptors (Lipinski definition) is 2. The Morgan fingerprint density at radius 2 is 2.12 bits per heavy atom. The summed E-state index contributed by atoms with van der Waals surface area (Å²) in [5.41, 5.74) is 3.39. The minimum Gasteiger partial charge on any atom is -0.309 e. The summed E-state index contributed by atoms with van der Waals surface area (Å²) in [4.78, 5) is 4.55. The van der Waals surface area contributed by atoms with Crippen molar-refractivity contribution < 1.29 is 0 Å². The Balaban J connectivity index is 0.000000640. The van der Waals surface area contributed by atoms with Crippen molar-refractivity contribution in [2.75, 3.05) is 13.1 Å². The molecular formula is C11H13Cl2N3.